The Morgan fingerprint density at radius 3 is 2.22 bits per heavy atom. The van der Waals surface area contributed by atoms with Crippen molar-refractivity contribution < 1.29 is 19.5 Å². The average Bonchev–Trinajstić information content (AvgIpc) is 2.29. The van der Waals surface area contributed by atoms with E-state index in [0.717, 1.165) is 19.3 Å². The fourth-order valence-electron chi connectivity index (χ4n) is 2.07. The molecule has 0 aromatic carbocycles. The van der Waals surface area contributed by atoms with Gasteiger partial charge in [0.1, 0.15) is 11.6 Å². The molecule has 0 saturated heterocycles. The van der Waals surface area contributed by atoms with Gasteiger partial charge in [0.05, 0.1) is 0 Å². The molecule has 0 aliphatic heterocycles. The highest BCUT2D eigenvalue weighted by molar-refractivity contribution is 5.89. The normalized spacial score (nSPS) is 19.6. The maximum atomic E-state index is 11.6. The Kier molecular flexibility index (Phi) is 4.52. The number of aliphatic carboxylic acids is 1. The molecule has 1 atom stereocenters. The molecule has 5 N–H and O–H groups in total. The maximum Gasteiger partial charge on any atom is 0.329 e. The number of carboxylic acid groups (broad SMARTS) is 1. The maximum absolute atomic E-state index is 11.6. The van der Waals surface area contributed by atoms with Crippen molar-refractivity contribution in [3.63, 3.8) is 0 Å². The quantitative estimate of drug-likeness (QED) is 0.564. The summed E-state index contributed by atoms with van der Waals surface area (Å²) < 4.78 is 0. The molecule has 0 radical (unpaired) electrons. The Balaban J connectivity index is 2.64. The number of amides is 3. The minimum atomic E-state index is -1.22. The van der Waals surface area contributed by atoms with Gasteiger partial charge in [-0.05, 0) is 19.8 Å². The largest absolute Gasteiger partial charge is 0.480 e. The van der Waals surface area contributed by atoms with Crippen molar-refractivity contribution in [3.8, 4) is 0 Å². The summed E-state index contributed by atoms with van der Waals surface area (Å²) in [6.45, 7) is 1.44. The molecule has 3 amide bonds. The predicted molar refractivity (Wildman–Crippen MR) is 63.8 cm³/mol. The van der Waals surface area contributed by atoms with Gasteiger partial charge in [-0.1, -0.05) is 19.3 Å². The minimum absolute atomic E-state index is 0.403. The van der Waals surface area contributed by atoms with Crippen LogP contribution >= 0.6 is 0 Å². The van der Waals surface area contributed by atoms with Crippen LogP contribution in [0, 0.1) is 0 Å². The second-order valence-corrected chi connectivity index (χ2v) is 4.67. The van der Waals surface area contributed by atoms with E-state index < -0.39 is 29.5 Å². The third kappa shape index (κ3) is 3.35. The van der Waals surface area contributed by atoms with E-state index in [1.54, 1.807) is 0 Å². The monoisotopic (exact) mass is 257 g/mol. The van der Waals surface area contributed by atoms with E-state index in [9.17, 15) is 19.5 Å². The summed E-state index contributed by atoms with van der Waals surface area (Å²) in [4.78, 5) is 33.7. The topological polar surface area (TPSA) is 122 Å². The summed E-state index contributed by atoms with van der Waals surface area (Å²) in [5.74, 6) is -1.71. The number of rotatable bonds is 4. The van der Waals surface area contributed by atoms with E-state index >= 15 is 0 Å². The molecule has 7 heteroatoms. The highest BCUT2D eigenvalue weighted by Crippen LogP contribution is 2.28. The summed E-state index contributed by atoms with van der Waals surface area (Å²) in [6.07, 6.45) is 3.30. The van der Waals surface area contributed by atoms with E-state index in [1.807, 2.05) is 0 Å². The first-order chi connectivity index (χ1) is 8.37. The molecule has 0 heterocycles. The van der Waals surface area contributed by atoms with Crippen LogP contribution in [0.3, 0.4) is 0 Å². The average molecular weight is 257 g/mol. The fourth-order valence-corrected chi connectivity index (χ4v) is 2.07. The first-order valence-corrected chi connectivity index (χ1v) is 5.99. The van der Waals surface area contributed by atoms with Gasteiger partial charge in [-0.15, -0.1) is 0 Å². The Morgan fingerprint density at radius 2 is 1.78 bits per heavy atom. The molecule has 0 aromatic rings. The third-order valence-corrected chi connectivity index (χ3v) is 3.24. The Labute approximate surface area is 105 Å². The molecule has 0 bridgehead atoms. The van der Waals surface area contributed by atoms with Crippen molar-refractivity contribution in [2.75, 3.05) is 0 Å². The second kappa shape index (κ2) is 5.70. The van der Waals surface area contributed by atoms with E-state index in [4.69, 9.17) is 5.73 Å². The number of carboxylic acids is 1. The SMILES string of the molecule is CC(NC(=O)NC1(C(=O)O)CCCCC1)C(N)=O. The lowest BCUT2D eigenvalue weighted by atomic mass is 9.82. The Hall–Kier alpha value is -1.79. The van der Waals surface area contributed by atoms with Gasteiger partial charge < -0.3 is 21.5 Å². The van der Waals surface area contributed by atoms with Crippen molar-refractivity contribution >= 4 is 17.9 Å². The molecule has 1 saturated carbocycles. The van der Waals surface area contributed by atoms with Gasteiger partial charge in [0.2, 0.25) is 5.91 Å². The molecule has 1 rings (SSSR count). The van der Waals surface area contributed by atoms with E-state index in [0.29, 0.717) is 12.8 Å². The molecule has 0 aromatic heterocycles. The van der Waals surface area contributed by atoms with Crippen LogP contribution in [0.4, 0.5) is 4.79 Å². The lowest BCUT2D eigenvalue weighted by Crippen LogP contribution is -2.59. The summed E-state index contributed by atoms with van der Waals surface area (Å²) >= 11 is 0. The summed E-state index contributed by atoms with van der Waals surface area (Å²) in [6, 6.07) is -1.51. The van der Waals surface area contributed by atoms with Crippen LogP contribution in [-0.4, -0.2) is 34.6 Å². The molecule has 7 nitrogen and oxygen atoms in total. The molecule has 0 spiro atoms. The van der Waals surface area contributed by atoms with E-state index in [1.165, 1.54) is 6.92 Å². The number of nitrogens with one attached hydrogen (secondary N) is 2. The number of carbonyl (C=O) groups excluding carboxylic acids is 2. The highest BCUT2D eigenvalue weighted by atomic mass is 16.4. The number of nitrogens with two attached hydrogens (primary N) is 1. The minimum Gasteiger partial charge on any atom is -0.480 e. The first-order valence-electron chi connectivity index (χ1n) is 5.99. The summed E-state index contributed by atoms with van der Waals surface area (Å²) in [5.41, 5.74) is 3.79. The van der Waals surface area contributed by atoms with Gasteiger partial charge in [0, 0.05) is 0 Å². The fraction of sp³-hybridized carbons (Fsp3) is 0.727. The lowest BCUT2D eigenvalue weighted by molar-refractivity contribution is -0.145. The number of primary amides is 1. The molecule has 18 heavy (non-hydrogen) atoms. The molecule has 1 fully saturated rings. The zero-order valence-electron chi connectivity index (χ0n) is 10.4. The van der Waals surface area contributed by atoms with Crippen molar-refractivity contribution in [2.24, 2.45) is 5.73 Å². The third-order valence-electron chi connectivity index (χ3n) is 3.24. The van der Waals surface area contributed by atoms with Crippen LogP contribution in [-0.2, 0) is 9.59 Å². The number of hydrogen-bond acceptors (Lipinski definition) is 3. The zero-order valence-corrected chi connectivity index (χ0v) is 10.4. The van der Waals surface area contributed by atoms with Crippen molar-refractivity contribution in [2.45, 2.75) is 50.6 Å². The van der Waals surface area contributed by atoms with Crippen LogP contribution < -0.4 is 16.4 Å². The molecular formula is C11H19N3O4. The highest BCUT2D eigenvalue weighted by Gasteiger charge is 2.41. The van der Waals surface area contributed by atoms with Crippen molar-refractivity contribution in [3.05, 3.63) is 0 Å². The van der Waals surface area contributed by atoms with E-state index in [-0.39, 0.29) is 0 Å². The summed E-state index contributed by atoms with van der Waals surface area (Å²) in [7, 11) is 0. The van der Waals surface area contributed by atoms with Crippen LogP contribution in [0.25, 0.3) is 0 Å². The smallest absolute Gasteiger partial charge is 0.329 e. The van der Waals surface area contributed by atoms with Gasteiger partial charge in [0.25, 0.3) is 0 Å². The van der Waals surface area contributed by atoms with Gasteiger partial charge in [-0.25, -0.2) is 9.59 Å². The standard InChI is InChI=1S/C11H19N3O4/c1-7(8(12)15)13-10(18)14-11(9(16)17)5-3-2-4-6-11/h7H,2-6H2,1H3,(H2,12,15)(H,16,17)(H2,13,14,18). The lowest BCUT2D eigenvalue weighted by Gasteiger charge is -2.34. The van der Waals surface area contributed by atoms with Gasteiger partial charge in [-0.3, -0.25) is 4.79 Å². The van der Waals surface area contributed by atoms with Gasteiger partial charge in [0.15, 0.2) is 0 Å². The predicted octanol–water partition coefficient (Wildman–Crippen LogP) is -0.0531. The molecule has 1 aliphatic rings. The van der Waals surface area contributed by atoms with Gasteiger partial charge >= 0.3 is 12.0 Å². The Morgan fingerprint density at radius 1 is 1.22 bits per heavy atom. The molecule has 102 valence electrons. The van der Waals surface area contributed by atoms with E-state index in [2.05, 4.69) is 10.6 Å². The van der Waals surface area contributed by atoms with Crippen LogP contribution in [0.1, 0.15) is 39.0 Å². The number of urea groups is 1. The zero-order chi connectivity index (χ0) is 13.8. The van der Waals surface area contributed by atoms with Crippen LogP contribution in [0.5, 0.6) is 0 Å². The number of carbonyl (C=O) groups is 3. The number of hydrogen-bond donors (Lipinski definition) is 4. The molecule has 1 aliphatic carbocycles. The summed E-state index contributed by atoms with van der Waals surface area (Å²) in [5, 5.41) is 14.0. The van der Waals surface area contributed by atoms with Crippen LogP contribution in [0.15, 0.2) is 0 Å². The van der Waals surface area contributed by atoms with Crippen molar-refractivity contribution in [1.82, 2.24) is 10.6 Å². The van der Waals surface area contributed by atoms with Gasteiger partial charge in [-0.2, -0.15) is 0 Å². The Bertz CT molecular complexity index is 350. The van der Waals surface area contributed by atoms with Crippen molar-refractivity contribution in [1.29, 1.82) is 0 Å². The molecular weight excluding hydrogens is 238 g/mol. The van der Waals surface area contributed by atoms with Crippen LogP contribution in [0.2, 0.25) is 0 Å². The molecule has 1 unspecified atom stereocenters. The second-order valence-electron chi connectivity index (χ2n) is 4.67. The first kappa shape index (κ1) is 14.3.